The Labute approximate surface area is 80.0 Å². The van der Waals surface area contributed by atoms with Crippen LogP contribution in [0.1, 0.15) is 5.56 Å². The quantitative estimate of drug-likeness (QED) is 0.730. The van der Waals surface area contributed by atoms with Crippen LogP contribution < -0.4 is 5.43 Å². The first-order valence-electron chi connectivity index (χ1n) is 3.73. The lowest BCUT2D eigenvalue weighted by Gasteiger charge is -2.22. The van der Waals surface area contributed by atoms with Gasteiger partial charge in [0.25, 0.3) is 0 Å². The second-order valence-corrected chi connectivity index (χ2v) is 3.69. The van der Waals surface area contributed by atoms with Gasteiger partial charge in [-0.05, 0) is 24.3 Å². The summed E-state index contributed by atoms with van der Waals surface area (Å²) in [5, 5.41) is 1.93. The van der Waals surface area contributed by atoms with Crippen LogP contribution in [-0.4, -0.2) is 12.1 Å². The number of hydrazine groups is 1. The smallest absolute Gasteiger partial charge is 0.0615 e. The van der Waals surface area contributed by atoms with Gasteiger partial charge in [-0.1, -0.05) is 15.9 Å². The van der Waals surface area contributed by atoms with E-state index in [1.165, 1.54) is 5.56 Å². The first-order valence-corrected chi connectivity index (χ1v) is 4.52. The maximum Gasteiger partial charge on any atom is 0.0615 e. The third kappa shape index (κ3) is 1.32. The number of rotatable bonds is 0. The van der Waals surface area contributed by atoms with E-state index in [0.717, 1.165) is 10.2 Å². The molecule has 3 heteroatoms. The lowest BCUT2D eigenvalue weighted by atomic mass is 10.1. The van der Waals surface area contributed by atoms with Gasteiger partial charge in [0.15, 0.2) is 0 Å². The summed E-state index contributed by atoms with van der Waals surface area (Å²) in [6.45, 7) is 0. The van der Waals surface area contributed by atoms with Crippen LogP contribution in [0.2, 0.25) is 0 Å². The van der Waals surface area contributed by atoms with E-state index in [1.807, 2.05) is 24.3 Å². The summed E-state index contributed by atoms with van der Waals surface area (Å²) in [5.74, 6) is 0. The molecule has 12 heavy (non-hydrogen) atoms. The Balaban J connectivity index is 2.47. The molecule has 0 radical (unpaired) electrons. The third-order valence-electron chi connectivity index (χ3n) is 1.79. The number of fused-ring (bicyclic) bond motifs is 1. The predicted molar refractivity (Wildman–Crippen MR) is 54.6 cm³/mol. The molecule has 0 spiro atoms. The molecule has 2 nitrogen and oxygen atoms in total. The first-order chi connectivity index (χ1) is 5.75. The molecule has 0 saturated carbocycles. The molecule has 0 amide bonds. The van der Waals surface area contributed by atoms with E-state index < -0.39 is 0 Å². The Morgan fingerprint density at radius 1 is 1.42 bits per heavy atom. The van der Waals surface area contributed by atoms with Crippen molar-refractivity contribution in [1.82, 2.24) is 5.01 Å². The largest absolute Gasteiger partial charge is 0.299 e. The van der Waals surface area contributed by atoms with Crippen molar-refractivity contribution in [3.63, 3.8) is 0 Å². The molecule has 1 N–H and O–H groups in total. The Hall–Kier alpha value is -0.960. The van der Waals surface area contributed by atoms with Gasteiger partial charge >= 0.3 is 0 Å². The molecule has 1 aliphatic rings. The second-order valence-electron chi connectivity index (χ2n) is 2.77. The van der Waals surface area contributed by atoms with Gasteiger partial charge in [0.05, 0.1) is 5.69 Å². The number of hydrogen-bond acceptors (Lipinski definition) is 2. The van der Waals surface area contributed by atoms with Crippen LogP contribution in [0, 0.1) is 0 Å². The number of hydrogen-bond donors (Lipinski definition) is 1. The predicted octanol–water partition coefficient (Wildman–Crippen LogP) is 2.69. The highest BCUT2D eigenvalue weighted by atomic mass is 79.9. The molecule has 0 aromatic heterocycles. The SMILES string of the molecule is CN1C=Cc2cc(Br)ccc2N1. The number of halogens is 1. The number of nitrogens with zero attached hydrogens (tertiary/aromatic N) is 1. The molecule has 1 aromatic carbocycles. The van der Waals surface area contributed by atoms with Gasteiger partial charge in [0.2, 0.25) is 0 Å². The Morgan fingerprint density at radius 2 is 2.25 bits per heavy atom. The molecular formula is C9H9BrN2. The molecule has 2 rings (SSSR count). The van der Waals surface area contributed by atoms with Crippen molar-refractivity contribution >= 4 is 27.7 Å². The molecule has 0 bridgehead atoms. The lowest BCUT2D eigenvalue weighted by Crippen LogP contribution is -2.21. The molecule has 1 heterocycles. The zero-order valence-corrected chi connectivity index (χ0v) is 8.30. The van der Waals surface area contributed by atoms with Crippen molar-refractivity contribution in [3.8, 4) is 0 Å². The average Bonchev–Trinajstić information content (AvgIpc) is 2.05. The van der Waals surface area contributed by atoms with E-state index in [0.29, 0.717) is 0 Å². The summed E-state index contributed by atoms with van der Waals surface area (Å²) in [7, 11) is 1.97. The standard InChI is InChI=1S/C9H9BrN2/c1-12-5-4-7-6-8(10)2-3-9(7)11-12/h2-6,11H,1H3. The van der Waals surface area contributed by atoms with Gasteiger partial charge in [-0.2, -0.15) is 0 Å². The fraction of sp³-hybridized carbons (Fsp3) is 0.111. The molecule has 0 unspecified atom stereocenters. The summed E-state index contributed by atoms with van der Waals surface area (Å²) in [4.78, 5) is 0. The molecule has 0 fully saturated rings. The van der Waals surface area contributed by atoms with Gasteiger partial charge in [-0.3, -0.25) is 10.4 Å². The van der Waals surface area contributed by atoms with Crippen molar-refractivity contribution in [2.45, 2.75) is 0 Å². The zero-order chi connectivity index (χ0) is 8.55. The van der Waals surface area contributed by atoms with E-state index in [4.69, 9.17) is 0 Å². The summed E-state index contributed by atoms with van der Waals surface area (Å²) in [6.07, 6.45) is 4.07. The van der Waals surface area contributed by atoms with Crippen LogP contribution >= 0.6 is 15.9 Å². The molecule has 62 valence electrons. The fourth-order valence-electron chi connectivity index (χ4n) is 1.19. The van der Waals surface area contributed by atoms with Gasteiger partial charge in [-0.15, -0.1) is 0 Å². The van der Waals surface area contributed by atoms with Crippen molar-refractivity contribution in [2.75, 3.05) is 12.5 Å². The second kappa shape index (κ2) is 2.83. The zero-order valence-electron chi connectivity index (χ0n) is 6.71. The molecule has 0 atom stereocenters. The highest BCUT2D eigenvalue weighted by Crippen LogP contribution is 2.25. The molecule has 1 aromatic rings. The maximum absolute atomic E-state index is 3.43. The minimum absolute atomic E-state index is 1.11. The molecule has 0 saturated heterocycles. The molecular weight excluding hydrogens is 216 g/mol. The van der Waals surface area contributed by atoms with Crippen LogP contribution in [0.3, 0.4) is 0 Å². The van der Waals surface area contributed by atoms with Crippen LogP contribution in [0.5, 0.6) is 0 Å². The first kappa shape index (κ1) is 7.68. The van der Waals surface area contributed by atoms with Gasteiger partial charge in [0, 0.05) is 23.3 Å². The topological polar surface area (TPSA) is 15.3 Å². The summed E-state index contributed by atoms with van der Waals surface area (Å²) in [6, 6.07) is 6.17. The normalized spacial score (nSPS) is 14.0. The summed E-state index contributed by atoms with van der Waals surface area (Å²) >= 11 is 3.43. The number of benzene rings is 1. The minimum Gasteiger partial charge on any atom is -0.299 e. The highest BCUT2D eigenvalue weighted by Gasteiger charge is 2.05. The Kier molecular flexibility index (Phi) is 1.81. The van der Waals surface area contributed by atoms with Crippen molar-refractivity contribution in [3.05, 3.63) is 34.4 Å². The maximum atomic E-state index is 3.43. The van der Waals surface area contributed by atoms with E-state index >= 15 is 0 Å². The van der Waals surface area contributed by atoms with Gasteiger partial charge in [-0.25, -0.2) is 0 Å². The van der Waals surface area contributed by atoms with Gasteiger partial charge < -0.3 is 0 Å². The average molecular weight is 225 g/mol. The van der Waals surface area contributed by atoms with E-state index in [2.05, 4.69) is 39.6 Å². The van der Waals surface area contributed by atoms with E-state index in [1.54, 1.807) is 0 Å². The van der Waals surface area contributed by atoms with Crippen LogP contribution in [0.4, 0.5) is 5.69 Å². The fourth-order valence-corrected chi connectivity index (χ4v) is 1.57. The van der Waals surface area contributed by atoms with Crippen LogP contribution in [-0.2, 0) is 0 Å². The monoisotopic (exact) mass is 224 g/mol. The summed E-state index contributed by atoms with van der Waals surface area (Å²) < 4.78 is 1.11. The van der Waals surface area contributed by atoms with Crippen LogP contribution in [0.25, 0.3) is 6.08 Å². The van der Waals surface area contributed by atoms with Crippen molar-refractivity contribution in [2.24, 2.45) is 0 Å². The Bertz CT molecular complexity index is 333. The van der Waals surface area contributed by atoms with Crippen molar-refractivity contribution in [1.29, 1.82) is 0 Å². The number of nitrogens with one attached hydrogen (secondary N) is 1. The molecule has 0 aliphatic carbocycles. The minimum atomic E-state index is 1.11. The van der Waals surface area contributed by atoms with E-state index in [-0.39, 0.29) is 0 Å². The molecule has 1 aliphatic heterocycles. The lowest BCUT2D eigenvalue weighted by molar-refractivity contribution is 0.550. The van der Waals surface area contributed by atoms with E-state index in [9.17, 15) is 0 Å². The Morgan fingerprint density at radius 3 is 3.08 bits per heavy atom. The van der Waals surface area contributed by atoms with Crippen LogP contribution in [0.15, 0.2) is 28.9 Å². The highest BCUT2D eigenvalue weighted by molar-refractivity contribution is 9.10. The van der Waals surface area contributed by atoms with Crippen molar-refractivity contribution < 1.29 is 0 Å². The number of anilines is 1. The van der Waals surface area contributed by atoms with Gasteiger partial charge in [0.1, 0.15) is 0 Å². The summed E-state index contributed by atoms with van der Waals surface area (Å²) in [5.41, 5.74) is 5.57. The third-order valence-corrected chi connectivity index (χ3v) is 2.28.